The highest BCUT2D eigenvalue weighted by Gasteiger charge is 2.16. The van der Waals surface area contributed by atoms with E-state index in [0.29, 0.717) is 0 Å². The average molecular weight is 286 g/mol. The molecule has 0 aliphatic rings. The third-order valence-electron chi connectivity index (χ3n) is 3.81. The molecule has 0 aliphatic heterocycles. The summed E-state index contributed by atoms with van der Waals surface area (Å²) in [5.41, 5.74) is 3.45. The third kappa shape index (κ3) is 3.56. The zero-order valence-electron chi connectivity index (χ0n) is 12.8. The monoisotopic (exact) mass is 286 g/mol. The molecule has 0 bridgehead atoms. The lowest BCUT2D eigenvalue weighted by Gasteiger charge is -2.19. The van der Waals surface area contributed by atoms with Gasteiger partial charge in [-0.15, -0.1) is 0 Å². The first kappa shape index (κ1) is 15.4. The van der Waals surface area contributed by atoms with Gasteiger partial charge >= 0.3 is 0 Å². The molecule has 0 amide bonds. The first-order valence-corrected chi connectivity index (χ1v) is 7.07. The van der Waals surface area contributed by atoms with Gasteiger partial charge < -0.3 is 14.6 Å². The third-order valence-corrected chi connectivity index (χ3v) is 3.81. The van der Waals surface area contributed by atoms with Crippen LogP contribution in [0.2, 0.25) is 0 Å². The predicted octanol–water partition coefficient (Wildman–Crippen LogP) is 3.33. The Labute approximate surface area is 126 Å². The van der Waals surface area contributed by atoms with Crippen molar-refractivity contribution < 1.29 is 14.6 Å². The topological polar surface area (TPSA) is 38.7 Å². The minimum absolute atomic E-state index is 0.0634. The Morgan fingerprint density at radius 1 is 1.05 bits per heavy atom. The van der Waals surface area contributed by atoms with Gasteiger partial charge in [0, 0.05) is 12.0 Å². The molecule has 0 aliphatic carbocycles. The van der Waals surface area contributed by atoms with Crippen molar-refractivity contribution in [2.45, 2.75) is 19.3 Å². The minimum atomic E-state index is 0.0634. The number of ether oxygens (including phenoxy) is 2. The molecule has 2 aromatic rings. The van der Waals surface area contributed by atoms with E-state index in [2.05, 4.69) is 19.1 Å². The number of aryl methyl sites for hydroxylation is 1. The highest BCUT2D eigenvalue weighted by atomic mass is 16.5. The molecule has 0 saturated carbocycles. The molecule has 1 N–H and O–H groups in total. The standard InChI is InChI=1S/C18H22O3/c1-13-6-4-5-7-17(13)15(12-19)10-14-8-9-16(20-2)11-18(14)21-3/h4-9,11,15,19H,10,12H2,1-3H3. The van der Waals surface area contributed by atoms with Crippen LogP contribution in [0, 0.1) is 6.92 Å². The van der Waals surface area contributed by atoms with Gasteiger partial charge in [0.05, 0.1) is 20.8 Å². The summed E-state index contributed by atoms with van der Waals surface area (Å²) in [7, 11) is 3.29. The van der Waals surface area contributed by atoms with E-state index in [4.69, 9.17) is 9.47 Å². The van der Waals surface area contributed by atoms with Crippen molar-refractivity contribution in [3.63, 3.8) is 0 Å². The number of aliphatic hydroxyl groups excluding tert-OH is 1. The maximum Gasteiger partial charge on any atom is 0.125 e. The molecule has 0 aromatic heterocycles. The maximum atomic E-state index is 9.76. The predicted molar refractivity (Wildman–Crippen MR) is 84.3 cm³/mol. The largest absolute Gasteiger partial charge is 0.497 e. The lowest BCUT2D eigenvalue weighted by molar-refractivity contribution is 0.263. The SMILES string of the molecule is COc1ccc(CC(CO)c2ccccc2C)c(OC)c1. The van der Waals surface area contributed by atoms with Crippen LogP contribution in [0.25, 0.3) is 0 Å². The van der Waals surface area contributed by atoms with Gasteiger partial charge in [-0.3, -0.25) is 0 Å². The van der Waals surface area contributed by atoms with E-state index >= 15 is 0 Å². The van der Waals surface area contributed by atoms with Crippen LogP contribution in [-0.2, 0) is 6.42 Å². The zero-order valence-corrected chi connectivity index (χ0v) is 12.8. The molecule has 0 fully saturated rings. The molecule has 0 saturated heterocycles. The number of rotatable bonds is 6. The number of methoxy groups -OCH3 is 2. The first-order valence-electron chi connectivity index (χ1n) is 7.07. The molecule has 1 atom stereocenters. The second-order valence-electron chi connectivity index (χ2n) is 5.12. The fourth-order valence-electron chi connectivity index (χ4n) is 2.60. The summed E-state index contributed by atoms with van der Waals surface area (Å²) in [6.45, 7) is 2.18. The van der Waals surface area contributed by atoms with Gasteiger partial charge in [0.25, 0.3) is 0 Å². The Morgan fingerprint density at radius 2 is 1.81 bits per heavy atom. The van der Waals surface area contributed by atoms with Crippen LogP contribution in [0.3, 0.4) is 0 Å². The van der Waals surface area contributed by atoms with E-state index in [-0.39, 0.29) is 12.5 Å². The second kappa shape index (κ2) is 7.14. The van der Waals surface area contributed by atoms with Gasteiger partial charge in [0.2, 0.25) is 0 Å². The van der Waals surface area contributed by atoms with E-state index < -0.39 is 0 Å². The molecule has 2 rings (SSSR count). The van der Waals surface area contributed by atoms with Crippen LogP contribution in [0.4, 0.5) is 0 Å². The second-order valence-corrected chi connectivity index (χ2v) is 5.12. The van der Waals surface area contributed by atoms with Gasteiger partial charge in [0.15, 0.2) is 0 Å². The van der Waals surface area contributed by atoms with E-state index in [1.165, 1.54) is 11.1 Å². The number of hydrogen-bond acceptors (Lipinski definition) is 3. The lowest BCUT2D eigenvalue weighted by Crippen LogP contribution is -2.10. The first-order chi connectivity index (χ1) is 10.2. The molecule has 0 radical (unpaired) electrons. The van der Waals surface area contributed by atoms with Crippen molar-refractivity contribution in [3.05, 3.63) is 59.2 Å². The normalized spacial score (nSPS) is 12.0. The smallest absolute Gasteiger partial charge is 0.125 e. The van der Waals surface area contributed by atoms with Gasteiger partial charge in [0.1, 0.15) is 11.5 Å². The van der Waals surface area contributed by atoms with E-state index in [1.807, 2.05) is 30.3 Å². The highest BCUT2D eigenvalue weighted by molar-refractivity contribution is 5.42. The van der Waals surface area contributed by atoms with Gasteiger partial charge in [-0.25, -0.2) is 0 Å². The minimum Gasteiger partial charge on any atom is -0.497 e. The molecule has 2 aromatic carbocycles. The summed E-state index contributed by atoms with van der Waals surface area (Å²) >= 11 is 0. The van der Waals surface area contributed by atoms with Crippen molar-refractivity contribution in [2.75, 3.05) is 20.8 Å². The Morgan fingerprint density at radius 3 is 2.43 bits per heavy atom. The van der Waals surface area contributed by atoms with E-state index in [0.717, 1.165) is 23.5 Å². The molecule has 3 nitrogen and oxygen atoms in total. The quantitative estimate of drug-likeness (QED) is 0.885. The van der Waals surface area contributed by atoms with E-state index in [1.54, 1.807) is 14.2 Å². The van der Waals surface area contributed by atoms with Crippen molar-refractivity contribution in [2.24, 2.45) is 0 Å². The Hall–Kier alpha value is -2.00. The van der Waals surface area contributed by atoms with Gasteiger partial charge in [-0.05, 0) is 36.1 Å². The lowest BCUT2D eigenvalue weighted by atomic mass is 9.89. The van der Waals surface area contributed by atoms with Crippen molar-refractivity contribution in [3.8, 4) is 11.5 Å². The number of aliphatic hydroxyl groups is 1. The fourth-order valence-corrected chi connectivity index (χ4v) is 2.60. The zero-order chi connectivity index (χ0) is 15.2. The Balaban J connectivity index is 2.29. The van der Waals surface area contributed by atoms with Crippen molar-refractivity contribution in [1.82, 2.24) is 0 Å². The Bertz CT molecular complexity index is 593. The van der Waals surface area contributed by atoms with E-state index in [9.17, 15) is 5.11 Å². The molecular weight excluding hydrogens is 264 g/mol. The molecule has 0 spiro atoms. The summed E-state index contributed by atoms with van der Waals surface area (Å²) in [6, 6.07) is 14.0. The molecule has 21 heavy (non-hydrogen) atoms. The molecule has 112 valence electrons. The van der Waals surface area contributed by atoms with Crippen LogP contribution in [-0.4, -0.2) is 25.9 Å². The Kier molecular flexibility index (Phi) is 5.23. The van der Waals surface area contributed by atoms with Crippen LogP contribution < -0.4 is 9.47 Å². The van der Waals surface area contributed by atoms with Crippen molar-refractivity contribution >= 4 is 0 Å². The van der Waals surface area contributed by atoms with Crippen LogP contribution in [0.15, 0.2) is 42.5 Å². The molecule has 3 heteroatoms. The summed E-state index contributed by atoms with van der Waals surface area (Å²) in [5, 5.41) is 9.76. The number of benzene rings is 2. The van der Waals surface area contributed by atoms with Gasteiger partial charge in [-0.1, -0.05) is 30.3 Å². The molecule has 1 unspecified atom stereocenters. The molecule has 0 heterocycles. The maximum absolute atomic E-state index is 9.76. The highest BCUT2D eigenvalue weighted by Crippen LogP contribution is 2.30. The number of hydrogen-bond donors (Lipinski definition) is 1. The fraction of sp³-hybridized carbons (Fsp3) is 0.333. The summed E-state index contributed by atoms with van der Waals surface area (Å²) in [5.74, 6) is 1.63. The van der Waals surface area contributed by atoms with Gasteiger partial charge in [-0.2, -0.15) is 0 Å². The summed E-state index contributed by atoms with van der Waals surface area (Å²) in [6.07, 6.45) is 0.731. The molecular formula is C18H22O3. The van der Waals surface area contributed by atoms with Crippen LogP contribution in [0.5, 0.6) is 11.5 Å². The van der Waals surface area contributed by atoms with Crippen molar-refractivity contribution in [1.29, 1.82) is 0 Å². The van der Waals surface area contributed by atoms with Crippen LogP contribution >= 0.6 is 0 Å². The summed E-state index contributed by atoms with van der Waals surface area (Å²) < 4.78 is 10.7. The summed E-state index contributed by atoms with van der Waals surface area (Å²) in [4.78, 5) is 0. The average Bonchev–Trinajstić information content (AvgIpc) is 2.53. The van der Waals surface area contributed by atoms with Crippen LogP contribution in [0.1, 0.15) is 22.6 Å².